The van der Waals surface area contributed by atoms with Crippen molar-refractivity contribution in [2.45, 2.75) is 49.6 Å². The highest BCUT2D eigenvalue weighted by Gasteiger charge is 2.39. The Morgan fingerprint density at radius 1 is 1.25 bits per heavy atom. The minimum atomic E-state index is -3.57. The van der Waals surface area contributed by atoms with Crippen LogP contribution >= 0.6 is 0 Å². The number of carbonyl (C=O) groups excluding carboxylic acids is 1. The predicted molar refractivity (Wildman–Crippen MR) is 107 cm³/mol. The molecule has 1 saturated heterocycles. The quantitative estimate of drug-likeness (QED) is 0.712. The molecule has 0 aromatic heterocycles. The molecule has 0 unspecified atom stereocenters. The van der Waals surface area contributed by atoms with Gasteiger partial charge in [-0.15, -0.1) is 0 Å². The summed E-state index contributed by atoms with van der Waals surface area (Å²) in [5.74, 6) is 0.635. The predicted octanol–water partition coefficient (Wildman–Crippen LogP) is 1.91. The fourth-order valence-corrected chi connectivity index (χ4v) is 5.35. The summed E-state index contributed by atoms with van der Waals surface area (Å²) in [4.78, 5) is 15.2. The monoisotopic (exact) mass is 407 g/mol. The van der Waals surface area contributed by atoms with Gasteiger partial charge in [0.1, 0.15) is 0 Å². The molecule has 1 aromatic rings. The molecule has 7 nitrogen and oxygen atoms in total. The number of carbonyl (C=O) groups is 1. The van der Waals surface area contributed by atoms with E-state index in [4.69, 9.17) is 4.74 Å². The number of amides is 1. The van der Waals surface area contributed by atoms with Crippen molar-refractivity contribution in [3.63, 3.8) is 0 Å². The molecule has 4 rings (SSSR count). The Kier molecular flexibility index (Phi) is 5.73. The van der Waals surface area contributed by atoms with Gasteiger partial charge < -0.3 is 10.1 Å². The van der Waals surface area contributed by atoms with Crippen LogP contribution in [0.5, 0.6) is 0 Å². The fraction of sp³-hybridized carbons (Fsp3) is 0.650. The van der Waals surface area contributed by atoms with E-state index in [1.165, 1.54) is 17.1 Å². The highest BCUT2D eigenvalue weighted by molar-refractivity contribution is 7.89. The average molecular weight is 408 g/mol. The summed E-state index contributed by atoms with van der Waals surface area (Å²) >= 11 is 0. The molecule has 0 bridgehead atoms. The second-order valence-electron chi connectivity index (χ2n) is 8.07. The molecular formula is C20H29N3O4S. The van der Waals surface area contributed by atoms with E-state index in [0.29, 0.717) is 50.6 Å². The van der Waals surface area contributed by atoms with E-state index in [0.717, 1.165) is 18.8 Å². The first-order valence-electron chi connectivity index (χ1n) is 10.2. The van der Waals surface area contributed by atoms with Crippen molar-refractivity contribution < 1.29 is 17.9 Å². The molecule has 1 atom stereocenters. The van der Waals surface area contributed by atoms with Crippen molar-refractivity contribution in [3.05, 3.63) is 24.3 Å². The number of rotatable bonds is 8. The molecule has 154 valence electrons. The highest BCUT2D eigenvalue weighted by atomic mass is 32.2. The van der Waals surface area contributed by atoms with Crippen molar-refractivity contribution in [1.82, 2.24) is 9.21 Å². The molecule has 0 spiro atoms. The third kappa shape index (κ3) is 4.56. The first-order valence-corrected chi connectivity index (χ1v) is 11.6. The second-order valence-corrected chi connectivity index (χ2v) is 10.0. The van der Waals surface area contributed by atoms with Gasteiger partial charge >= 0.3 is 0 Å². The molecule has 2 saturated carbocycles. The van der Waals surface area contributed by atoms with Gasteiger partial charge in [0.05, 0.1) is 24.7 Å². The SMILES string of the molecule is C[C@@H](C1CC1)N(CC(=O)Nc1cccc(S(=O)(=O)N2CCOCC2)c1)C1CC1. The molecule has 1 amide bonds. The Hall–Kier alpha value is -1.48. The molecule has 8 heteroatoms. The molecule has 2 aliphatic carbocycles. The van der Waals surface area contributed by atoms with Gasteiger partial charge in [-0.2, -0.15) is 4.31 Å². The van der Waals surface area contributed by atoms with Gasteiger partial charge in [-0.05, 0) is 56.7 Å². The number of anilines is 1. The van der Waals surface area contributed by atoms with Crippen molar-refractivity contribution in [2.75, 3.05) is 38.2 Å². The Labute approximate surface area is 167 Å². The minimum Gasteiger partial charge on any atom is -0.379 e. The number of nitrogens with zero attached hydrogens (tertiary/aromatic N) is 2. The highest BCUT2D eigenvalue weighted by Crippen LogP contribution is 2.39. The Morgan fingerprint density at radius 3 is 2.61 bits per heavy atom. The van der Waals surface area contributed by atoms with E-state index in [1.807, 2.05) is 0 Å². The Morgan fingerprint density at radius 2 is 1.96 bits per heavy atom. The zero-order valence-corrected chi connectivity index (χ0v) is 17.2. The standard InChI is InChI=1S/C20H29N3O4S/c1-15(16-5-6-16)23(18-7-8-18)14-20(24)21-17-3-2-4-19(13-17)28(25,26)22-9-11-27-12-10-22/h2-4,13,15-16,18H,5-12,14H2,1H3,(H,21,24)/t15-/m0/s1. The lowest BCUT2D eigenvalue weighted by Gasteiger charge is -2.28. The summed E-state index contributed by atoms with van der Waals surface area (Å²) in [5.41, 5.74) is 0.522. The van der Waals surface area contributed by atoms with Gasteiger partial charge in [0.2, 0.25) is 15.9 Å². The lowest BCUT2D eigenvalue weighted by Crippen LogP contribution is -2.42. The van der Waals surface area contributed by atoms with Crippen LogP contribution in [0, 0.1) is 5.92 Å². The van der Waals surface area contributed by atoms with Crippen LogP contribution in [0.15, 0.2) is 29.2 Å². The molecule has 1 aromatic carbocycles. The summed E-state index contributed by atoms with van der Waals surface area (Å²) in [6, 6.07) is 7.50. The summed E-state index contributed by atoms with van der Waals surface area (Å²) < 4.78 is 32.3. The third-order valence-electron chi connectivity index (χ3n) is 5.90. The summed E-state index contributed by atoms with van der Waals surface area (Å²) in [6.07, 6.45) is 4.84. The van der Waals surface area contributed by atoms with Crippen molar-refractivity contribution in [1.29, 1.82) is 0 Å². The van der Waals surface area contributed by atoms with Crippen LogP contribution in [0.2, 0.25) is 0 Å². The largest absolute Gasteiger partial charge is 0.379 e. The second kappa shape index (κ2) is 8.10. The molecular weight excluding hydrogens is 378 g/mol. The molecule has 28 heavy (non-hydrogen) atoms. The maximum atomic E-state index is 12.8. The normalized spacial score (nSPS) is 22.2. The van der Waals surface area contributed by atoms with Gasteiger partial charge in [-0.25, -0.2) is 8.42 Å². The lowest BCUT2D eigenvalue weighted by atomic mass is 10.1. The van der Waals surface area contributed by atoms with E-state index < -0.39 is 10.0 Å². The van der Waals surface area contributed by atoms with Gasteiger partial charge in [-0.1, -0.05) is 6.07 Å². The zero-order chi connectivity index (χ0) is 19.7. The van der Waals surface area contributed by atoms with Crippen LogP contribution in [0.3, 0.4) is 0 Å². The smallest absolute Gasteiger partial charge is 0.243 e. The number of hydrogen-bond donors (Lipinski definition) is 1. The number of sulfonamides is 1. The Balaban J connectivity index is 1.42. The van der Waals surface area contributed by atoms with Crippen LogP contribution < -0.4 is 5.32 Å². The summed E-state index contributed by atoms with van der Waals surface area (Å²) in [6.45, 7) is 4.11. The minimum absolute atomic E-state index is 0.0830. The zero-order valence-electron chi connectivity index (χ0n) is 16.3. The van der Waals surface area contributed by atoms with E-state index in [-0.39, 0.29) is 10.8 Å². The molecule has 1 aliphatic heterocycles. The maximum Gasteiger partial charge on any atom is 0.243 e. The van der Waals surface area contributed by atoms with Gasteiger partial charge in [0.15, 0.2) is 0 Å². The fourth-order valence-electron chi connectivity index (χ4n) is 3.90. The average Bonchev–Trinajstić information content (AvgIpc) is 3.59. The molecule has 0 radical (unpaired) electrons. The van der Waals surface area contributed by atoms with Crippen LogP contribution in [-0.2, 0) is 19.6 Å². The van der Waals surface area contributed by atoms with Gasteiger partial charge in [0, 0.05) is 30.9 Å². The summed E-state index contributed by atoms with van der Waals surface area (Å²) in [7, 11) is -3.57. The van der Waals surface area contributed by atoms with Crippen LogP contribution in [-0.4, -0.2) is 68.5 Å². The Bertz CT molecular complexity index is 814. The van der Waals surface area contributed by atoms with Crippen molar-refractivity contribution in [3.8, 4) is 0 Å². The number of morpholine rings is 1. The molecule has 3 fully saturated rings. The van der Waals surface area contributed by atoms with E-state index in [1.54, 1.807) is 24.3 Å². The number of nitrogens with one attached hydrogen (secondary N) is 1. The summed E-state index contributed by atoms with van der Waals surface area (Å²) in [5, 5.41) is 2.90. The third-order valence-corrected chi connectivity index (χ3v) is 7.79. The van der Waals surface area contributed by atoms with Crippen LogP contribution in [0.1, 0.15) is 32.6 Å². The molecule has 1 N–H and O–H groups in total. The van der Waals surface area contributed by atoms with E-state index in [2.05, 4.69) is 17.1 Å². The van der Waals surface area contributed by atoms with E-state index >= 15 is 0 Å². The van der Waals surface area contributed by atoms with Crippen LogP contribution in [0.4, 0.5) is 5.69 Å². The van der Waals surface area contributed by atoms with E-state index in [9.17, 15) is 13.2 Å². The lowest BCUT2D eigenvalue weighted by molar-refractivity contribution is -0.118. The topological polar surface area (TPSA) is 79.0 Å². The van der Waals surface area contributed by atoms with Crippen molar-refractivity contribution in [2.24, 2.45) is 5.92 Å². The van der Waals surface area contributed by atoms with Crippen LogP contribution in [0.25, 0.3) is 0 Å². The first kappa shape index (κ1) is 19.8. The molecule has 1 heterocycles. The number of benzene rings is 1. The number of ether oxygens (including phenoxy) is 1. The van der Waals surface area contributed by atoms with Gasteiger partial charge in [0.25, 0.3) is 0 Å². The molecule has 3 aliphatic rings. The van der Waals surface area contributed by atoms with Gasteiger partial charge in [-0.3, -0.25) is 9.69 Å². The first-order chi connectivity index (χ1) is 13.4. The number of hydrogen-bond acceptors (Lipinski definition) is 5. The van der Waals surface area contributed by atoms with Crippen molar-refractivity contribution >= 4 is 21.6 Å². The maximum absolute atomic E-state index is 12.8.